The molecule has 0 aliphatic carbocycles. The Morgan fingerprint density at radius 2 is 1.88 bits per heavy atom. The van der Waals surface area contributed by atoms with Crippen LogP contribution < -0.4 is 10.1 Å². The van der Waals surface area contributed by atoms with Gasteiger partial charge in [0.25, 0.3) is 5.91 Å². The van der Waals surface area contributed by atoms with Crippen LogP contribution in [0.3, 0.4) is 0 Å². The molecule has 8 nitrogen and oxygen atoms in total. The number of rotatable bonds is 7. The molecule has 1 fully saturated rings. The number of amides is 1. The van der Waals surface area contributed by atoms with Gasteiger partial charge in [-0.25, -0.2) is 0 Å². The van der Waals surface area contributed by atoms with Crippen molar-refractivity contribution in [3.63, 3.8) is 0 Å². The molecule has 0 saturated carbocycles. The standard InChI is InChI=1S/C26H32N4O4/c1-3-23-21(16-25(31)32)14-19-6-7-20(15-24(19)34-23)26(33)28-22-8-4-18(5-9-22)17-27-30-12-10-29(2)11-13-30/h4-9,15,17,21,23H,3,10-14,16H2,1-2H3,(H,28,33)(H,31,32). The van der Waals surface area contributed by atoms with Crippen LogP contribution >= 0.6 is 0 Å². The summed E-state index contributed by atoms with van der Waals surface area (Å²) in [6.45, 7) is 5.85. The average Bonchev–Trinajstić information content (AvgIpc) is 2.83. The molecule has 8 heteroatoms. The molecule has 0 radical (unpaired) electrons. The van der Waals surface area contributed by atoms with E-state index in [1.54, 1.807) is 12.1 Å². The number of hydrogen-bond donors (Lipinski definition) is 2. The number of benzene rings is 2. The molecule has 2 aliphatic heterocycles. The second-order valence-electron chi connectivity index (χ2n) is 9.03. The van der Waals surface area contributed by atoms with Crippen LogP contribution in [0.4, 0.5) is 5.69 Å². The number of fused-ring (bicyclic) bond motifs is 1. The number of nitrogens with one attached hydrogen (secondary N) is 1. The van der Waals surface area contributed by atoms with Crippen molar-refractivity contribution in [1.29, 1.82) is 0 Å². The van der Waals surface area contributed by atoms with E-state index in [0.29, 0.717) is 23.4 Å². The van der Waals surface area contributed by atoms with Crippen molar-refractivity contribution in [2.75, 3.05) is 38.5 Å². The van der Waals surface area contributed by atoms with E-state index in [9.17, 15) is 14.7 Å². The largest absolute Gasteiger partial charge is 0.490 e. The molecule has 2 atom stereocenters. The summed E-state index contributed by atoms with van der Waals surface area (Å²) >= 11 is 0. The topological polar surface area (TPSA) is 94.5 Å². The summed E-state index contributed by atoms with van der Waals surface area (Å²) in [4.78, 5) is 26.3. The van der Waals surface area contributed by atoms with E-state index < -0.39 is 5.97 Å². The molecule has 2 N–H and O–H groups in total. The smallest absolute Gasteiger partial charge is 0.303 e. The third-order valence-electron chi connectivity index (χ3n) is 6.47. The minimum atomic E-state index is -0.817. The van der Waals surface area contributed by atoms with Gasteiger partial charge in [-0.2, -0.15) is 5.10 Å². The molecule has 0 spiro atoms. The Morgan fingerprint density at radius 1 is 1.15 bits per heavy atom. The number of carboxylic acids is 1. The molecule has 1 amide bonds. The number of anilines is 1. The second kappa shape index (κ2) is 10.7. The van der Waals surface area contributed by atoms with Gasteiger partial charge in [-0.3, -0.25) is 14.6 Å². The summed E-state index contributed by atoms with van der Waals surface area (Å²) in [6.07, 6.45) is 3.12. The predicted molar refractivity (Wildman–Crippen MR) is 132 cm³/mol. The molecule has 2 aliphatic rings. The van der Waals surface area contributed by atoms with Crippen LogP contribution in [0.1, 0.15) is 41.3 Å². The number of carbonyl (C=O) groups is 2. The molecule has 1 saturated heterocycles. The van der Waals surface area contributed by atoms with Crippen molar-refractivity contribution in [1.82, 2.24) is 9.91 Å². The van der Waals surface area contributed by atoms with Crippen molar-refractivity contribution >= 4 is 23.8 Å². The number of hydrazone groups is 1. The zero-order valence-electron chi connectivity index (χ0n) is 19.7. The first kappa shape index (κ1) is 23.8. The van der Waals surface area contributed by atoms with Crippen LogP contribution in [-0.2, 0) is 11.2 Å². The summed E-state index contributed by atoms with van der Waals surface area (Å²) in [5.41, 5.74) is 3.12. The van der Waals surface area contributed by atoms with Gasteiger partial charge in [0.2, 0.25) is 0 Å². The van der Waals surface area contributed by atoms with Crippen molar-refractivity contribution < 1.29 is 19.4 Å². The predicted octanol–water partition coefficient (Wildman–Crippen LogP) is 3.32. The number of hydrogen-bond acceptors (Lipinski definition) is 6. The van der Waals surface area contributed by atoms with Gasteiger partial charge < -0.3 is 20.1 Å². The van der Waals surface area contributed by atoms with Crippen LogP contribution in [0.5, 0.6) is 5.75 Å². The number of carboxylic acid groups (broad SMARTS) is 1. The summed E-state index contributed by atoms with van der Waals surface area (Å²) in [5.74, 6) is -0.432. The van der Waals surface area contributed by atoms with Crippen LogP contribution in [0.25, 0.3) is 0 Å². The first-order valence-electron chi connectivity index (χ1n) is 11.8. The Balaban J connectivity index is 1.37. The summed E-state index contributed by atoms with van der Waals surface area (Å²) in [6, 6.07) is 13.0. The lowest BCUT2D eigenvalue weighted by Crippen LogP contribution is -2.41. The monoisotopic (exact) mass is 464 g/mol. The fourth-order valence-electron chi connectivity index (χ4n) is 4.41. The van der Waals surface area contributed by atoms with Crippen molar-refractivity contribution in [2.45, 2.75) is 32.3 Å². The van der Waals surface area contributed by atoms with Crippen LogP contribution in [0, 0.1) is 5.92 Å². The van der Waals surface area contributed by atoms with Crippen LogP contribution in [0.2, 0.25) is 0 Å². The number of piperazine rings is 1. The molecule has 0 aromatic heterocycles. The molecule has 2 unspecified atom stereocenters. The Kier molecular flexibility index (Phi) is 7.47. The van der Waals surface area contributed by atoms with Gasteiger partial charge in [0.15, 0.2) is 0 Å². The maximum atomic E-state index is 12.8. The molecule has 180 valence electrons. The second-order valence-corrected chi connectivity index (χ2v) is 9.03. The fraction of sp³-hybridized carbons (Fsp3) is 0.423. The van der Waals surface area contributed by atoms with Gasteiger partial charge in [0.05, 0.1) is 12.6 Å². The number of carbonyl (C=O) groups excluding carboxylic acids is 1. The SMILES string of the molecule is CCC1Oc2cc(C(=O)Nc3ccc(C=NN4CCN(C)CC4)cc3)ccc2CC1CC(=O)O. The lowest BCUT2D eigenvalue weighted by Gasteiger charge is -2.32. The zero-order valence-corrected chi connectivity index (χ0v) is 19.7. The minimum Gasteiger partial charge on any atom is -0.490 e. The molecule has 2 heterocycles. The minimum absolute atomic E-state index is 0.0621. The lowest BCUT2D eigenvalue weighted by molar-refractivity contribution is -0.139. The number of nitrogens with zero attached hydrogens (tertiary/aromatic N) is 3. The highest BCUT2D eigenvalue weighted by Gasteiger charge is 2.31. The molecule has 34 heavy (non-hydrogen) atoms. The first-order valence-corrected chi connectivity index (χ1v) is 11.8. The Morgan fingerprint density at radius 3 is 2.56 bits per heavy atom. The van der Waals surface area contributed by atoms with E-state index >= 15 is 0 Å². The molecule has 0 bridgehead atoms. The molecule has 2 aromatic rings. The average molecular weight is 465 g/mol. The van der Waals surface area contributed by atoms with Crippen molar-refractivity contribution in [2.24, 2.45) is 11.0 Å². The van der Waals surface area contributed by atoms with Gasteiger partial charge >= 0.3 is 5.97 Å². The summed E-state index contributed by atoms with van der Waals surface area (Å²) in [7, 11) is 2.12. The van der Waals surface area contributed by atoms with Gasteiger partial charge in [-0.15, -0.1) is 0 Å². The number of likely N-dealkylation sites (N-methyl/N-ethyl adjacent to an activating group) is 1. The van der Waals surface area contributed by atoms with Gasteiger partial charge in [0, 0.05) is 43.3 Å². The highest BCUT2D eigenvalue weighted by Crippen LogP contribution is 2.34. The van der Waals surface area contributed by atoms with Crippen molar-refractivity contribution in [3.8, 4) is 5.75 Å². The van der Waals surface area contributed by atoms with Crippen molar-refractivity contribution in [3.05, 3.63) is 59.2 Å². The Labute approximate surface area is 200 Å². The van der Waals surface area contributed by atoms with E-state index in [1.165, 1.54) is 0 Å². The first-order chi connectivity index (χ1) is 16.4. The van der Waals surface area contributed by atoms with Gasteiger partial charge in [-0.05, 0) is 55.3 Å². The number of ether oxygens (including phenoxy) is 1. The van der Waals surface area contributed by atoms with E-state index in [0.717, 1.165) is 43.7 Å². The summed E-state index contributed by atoms with van der Waals surface area (Å²) < 4.78 is 6.07. The molecule has 4 rings (SSSR count). The maximum absolute atomic E-state index is 12.8. The highest BCUT2D eigenvalue weighted by atomic mass is 16.5. The fourth-order valence-corrected chi connectivity index (χ4v) is 4.41. The third-order valence-corrected chi connectivity index (χ3v) is 6.47. The number of aliphatic carboxylic acids is 1. The quantitative estimate of drug-likeness (QED) is 0.611. The molecular weight excluding hydrogens is 432 g/mol. The van der Waals surface area contributed by atoms with E-state index in [-0.39, 0.29) is 24.3 Å². The third kappa shape index (κ3) is 5.94. The zero-order chi connectivity index (χ0) is 24.1. The highest BCUT2D eigenvalue weighted by molar-refractivity contribution is 6.04. The molecule has 2 aromatic carbocycles. The maximum Gasteiger partial charge on any atom is 0.303 e. The van der Waals surface area contributed by atoms with Crippen LogP contribution in [0.15, 0.2) is 47.6 Å². The molecular formula is C26H32N4O4. The normalized spacial score (nSPS) is 20.6. The lowest BCUT2D eigenvalue weighted by atomic mass is 9.86. The Bertz CT molecular complexity index is 1050. The van der Waals surface area contributed by atoms with E-state index in [4.69, 9.17) is 4.74 Å². The van der Waals surface area contributed by atoms with E-state index in [1.807, 2.05) is 43.5 Å². The summed E-state index contributed by atoms with van der Waals surface area (Å²) in [5, 5.41) is 18.7. The van der Waals surface area contributed by atoms with Gasteiger partial charge in [0.1, 0.15) is 11.9 Å². The van der Waals surface area contributed by atoms with E-state index in [2.05, 4.69) is 27.4 Å². The van der Waals surface area contributed by atoms with Crippen LogP contribution in [-0.4, -0.2) is 72.4 Å². The Hall–Kier alpha value is -3.39. The van der Waals surface area contributed by atoms with Gasteiger partial charge in [-0.1, -0.05) is 25.1 Å².